The Morgan fingerprint density at radius 2 is 1.96 bits per heavy atom. The standard InChI is InChI=1S/C16H12FN3O3/c1-9-16(21)19-13-7-6-10(17)8-12(13)15(18-9)11-4-2-3-5-14(11)20(22)23/h2-9H,1H3,(H,19,21)/t9-/m0/s1. The number of fused-ring (bicyclic) bond motifs is 1. The van der Waals surface area contributed by atoms with Crippen molar-refractivity contribution in [3.8, 4) is 0 Å². The average molecular weight is 313 g/mol. The second-order valence-corrected chi connectivity index (χ2v) is 5.11. The highest BCUT2D eigenvalue weighted by Crippen LogP contribution is 2.29. The molecule has 0 bridgehead atoms. The molecule has 3 rings (SSSR count). The zero-order chi connectivity index (χ0) is 16.6. The number of carbonyl (C=O) groups excluding carboxylic acids is 1. The van der Waals surface area contributed by atoms with Gasteiger partial charge in [-0.3, -0.25) is 19.9 Å². The van der Waals surface area contributed by atoms with Gasteiger partial charge in [0.1, 0.15) is 11.9 Å². The maximum atomic E-state index is 13.7. The molecular weight excluding hydrogens is 301 g/mol. The number of para-hydroxylation sites is 1. The first-order valence-electron chi connectivity index (χ1n) is 6.90. The van der Waals surface area contributed by atoms with Crippen molar-refractivity contribution in [2.75, 3.05) is 5.32 Å². The van der Waals surface area contributed by atoms with Gasteiger partial charge in [0.25, 0.3) is 5.69 Å². The quantitative estimate of drug-likeness (QED) is 0.683. The molecule has 7 heteroatoms. The maximum Gasteiger partial charge on any atom is 0.278 e. The van der Waals surface area contributed by atoms with Crippen LogP contribution in [0.25, 0.3) is 0 Å². The van der Waals surface area contributed by atoms with Gasteiger partial charge in [-0.05, 0) is 31.2 Å². The summed E-state index contributed by atoms with van der Waals surface area (Å²) >= 11 is 0. The molecule has 0 radical (unpaired) electrons. The lowest BCUT2D eigenvalue weighted by atomic mass is 9.99. The third-order valence-electron chi connectivity index (χ3n) is 3.55. The fourth-order valence-electron chi connectivity index (χ4n) is 2.43. The van der Waals surface area contributed by atoms with Crippen LogP contribution >= 0.6 is 0 Å². The van der Waals surface area contributed by atoms with Gasteiger partial charge in [-0.1, -0.05) is 12.1 Å². The first-order chi connectivity index (χ1) is 11.0. The summed E-state index contributed by atoms with van der Waals surface area (Å²) in [4.78, 5) is 27.0. The number of anilines is 1. The predicted molar refractivity (Wildman–Crippen MR) is 83.2 cm³/mol. The molecule has 1 atom stereocenters. The molecule has 0 fully saturated rings. The minimum Gasteiger partial charge on any atom is -0.324 e. The van der Waals surface area contributed by atoms with E-state index in [1.165, 1.54) is 36.4 Å². The van der Waals surface area contributed by atoms with Gasteiger partial charge in [-0.15, -0.1) is 0 Å². The summed E-state index contributed by atoms with van der Waals surface area (Å²) in [5.74, 6) is -0.870. The molecule has 1 aliphatic heterocycles. The third-order valence-corrected chi connectivity index (χ3v) is 3.55. The molecule has 1 N–H and O–H groups in total. The summed E-state index contributed by atoms with van der Waals surface area (Å²) in [6.45, 7) is 1.58. The number of benzene rings is 2. The number of nitro benzene ring substituents is 1. The second-order valence-electron chi connectivity index (χ2n) is 5.11. The van der Waals surface area contributed by atoms with E-state index >= 15 is 0 Å². The lowest BCUT2D eigenvalue weighted by Crippen LogP contribution is -2.22. The van der Waals surface area contributed by atoms with Crippen molar-refractivity contribution in [3.63, 3.8) is 0 Å². The van der Waals surface area contributed by atoms with Crippen molar-refractivity contribution in [2.24, 2.45) is 4.99 Å². The van der Waals surface area contributed by atoms with E-state index in [4.69, 9.17) is 0 Å². The molecule has 116 valence electrons. The van der Waals surface area contributed by atoms with Gasteiger partial charge in [0.15, 0.2) is 0 Å². The lowest BCUT2D eigenvalue weighted by molar-refractivity contribution is -0.385. The molecular formula is C16H12FN3O3. The highest BCUT2D eigenvalue weighted by molar-refractivity contribution is 6.21. The molecule has 2 aromatic rings. The van der Waals surface area contributed by atoms with Crippen LogP contribution in [0.4, 0.5) is 15.8 Å². The zero-order valence-electron chi connectivity index (χ0n) is 12.1. The minimum absolute atomic E-state index is 0.150. The predicted octanol–water partition coefficient (Wildman–Crippen LogP) is 2.91. The number of aliphatic imine (C=N–C) groups is 1. The van der Waals surface area contributed by atoms with Crippen molar-refractivity contribution in [1.29, 1.82) is 0 Å². The van der Waals surface area contributed by atoms with Crippen LogP contribution in [-0.4, -0.2) is 22.6 Å². The summed E-state index contributed by atoms with van der Waals surface area (Å²) in [7, 11) is 0. The summed E-state index contributed by atoms with van der Waals surface area (Å²) in [6.07, 6.45) is 0. The van der Waals surface area contributed by atoms with Crippen LogP contribution in [0.1, 0.15) is 18.1 Å². The lowest BCUT2D eigenvalue weighted by Gasteiger charge is -2.10. The van der Waals surface area contributed by atoms with E-state index in [0.29, 0.717) is 11.3 Å². The number of nitro groups is 1. The van der Waals surface area contributed by atoms with Crippen LogP contribution in [0.3, 0.4) is 0 Å². The van der Waals surface area contributed by atoms with Gasteiger partial charge < -0.3 is 5.32 Å². The minimum atomic E-state index is -0.750. The molecule has 6 nitrogen and oxygen atoms in total. The van der Waals surface area contributed by atoms with E-state index in [0.717, 1.165) is 0 Å². The van der Waals surface area contributed by atoms with Crippen molar-refractivity contribution in [1.82, 2.24) is 0 Å². The average Bonchev–Trinajstić information content (AvgIpc) is 2.65. The van der Waals surface area contributed by atoms with Crippen LogP contribution in [0.15, 0.2) is 47.5 Å². The van der Waals surface area contributed by atoms with Gasteiger partial charge in [0.2, 0.25) is 5.91 Å². The Hall–Kier alpha value is -3.09. The molecule has 23 heavy (non-hydrogen) atoms. The van der Waals surface area contributed by atoms with Crippen molar-refractivity contribution >= 4 is 23.0 Å². The monoisotopic (exact) mass is 313 g/mol. The number of amides is 1. The van der Waals surface area contributed by atoms with Crippen molar-refractivity contribution in [3.05, 3.63) is 69.5 Å². The van der Waals surface area contributed by atoms with Crippen molar-refractivity contribution < 1.29 is 14.1 Å². The fourth-order valence-corrected chi connectivity index (χ4v) is 2.43. The van der Waals surface area contributed by atoms with Crippen LogP contribution in [0, 0.1) is 15.9 Å². The highest BCUT2D eigenvalue weighted by atomic mass is 19.1. The number of carbonyl (C=O) groups is 1. The normalized spacial score (nSPS) is 16.9. The Morgan fingerprint density at radius 1 is 1.22 bits per heavy atom. The third kappa shape index (κ3) is 2.68. The topological polar surface area (TPSA) is 84.6 Å². The molecule has 0 aliphatic carbocycles. The number of hydrogen-bond acceptors (Lipinski definition) is 4. The molecule has 1 heterocycles. The van der Waals surface area contributed by atoms with Crippen molar-refractivity contribution in [2.45, 2.75) is 13.0 Å². The van der Waals surface area contributed by atoms with Crippen LogP contribution in [0.2, 0.25) is 0 Å². The SMILES string of the molecule is C[C@@H]1N=C(c2ccccc2[N+](=O)[O-])c2cc(F)ccc2NC1=O. The van der Waals surface area contributed by atoms with Gasteiger partial charge >= 0.3 is 0 Å². The number of nitrogens with zero attached hydrogens (tertiary/aromatic N) is 2. The molecule has 1 amide bonds. The first kappa shape index (κ1) is 14.8. The van der Waals surface area contributed by atoms with E-state index in [2.05, 4.69) is 10.3 Å². The van der Waals surface area contributed by atoms with Gasteiger partial charge in [0, 0.05) is 11.6 Å². The molecule has 0 saturated heterocycles. The Bertz CT molecular complexity index is 848. The zero-order valence-corrected chi connectivity index (χ0v) is 12.1. The Labute approximate surface area is 130 Å². The highest BCUT2D eigenvalue weighted by Gasteiger charge is 2.27. The summed E-state index contributed by atoms with van der Waals surface area (Å²) in [5.41, 5.74) is 1.00. The smallest absolute Gasteiger partial charge is 0.278 e. The van der Waals surface area contributed by atoms with Gasteiger partial charge in [-0.2, -0.15) is 0 Å². The summed E-state index contributed by atoms with van der Waals surface area (Å²) in [6, 6.07) is 9.16. The fraction of sp³-hybridized carbons (Fsp3) is 0.125. The van der Waals surface area contributed by atoms with E-state index in [9.17, 15) is 19.3 Å². The largest absolute Gasteiger partial charge is 0.324 e. The molecule has 0 spiro atoms. The molecule has 0 aromatic heterocycles. The van der Waals surface area contributed by atoms with Gasteiger partial charge in [0.05, 0.1) is 21.9 Å². The summed E-state index contributed by atoms with van der Waals surface area (Å²) < 4.78 is 13.7. The number of benzodiazepines with no additional fused rings is 1. The van der Waals surface area contributed by atoms with Crippen LogP contribution in [0.5, 0.6) is 0 Å². The number of nitrogens with one attached hydrogen (secondary N) is 1. The number of halogens is 1. The first-order valence-corrected chi connectivity index (χ1v) is 6.90. The Kier molecular flexibility index (Phi) is 3.61. The van der Waals surface area contributed by atoms with E-state index in [-0.39, 0.29) is 22.9 Å². The maximum absolute atomic E-state index is 13.7. The second kappa shape index (κ2) is 5.60. The molecule has 2 aromatic carbocycles. The van der Waals surface area contributed by atoms with Crippen LogP contribution in [-0.2, 0) is 4.79 Å². The van der Waals surface area contributed by atoms with Crippen LogP contribution < -0.4 is 5.32 Å². The Morgan fingerprint density at radius 3 is 2.70 bits per heavy atom. The summed E-state index contributed by atoms with van der Waals surface area (Å²) in [5, 5.41) is 13.9. The molecule has 1 aliphatic rings. The molecule has 0 unspecified atom stereocenters. The van der Waals surface area contributed by atoms with E-state index in [1.807, 2.05) is 0 Å². The van der Waals surface area contributed by atoms with E-state index < -0.39 is 16.8 Å². The number of rotatable bonds is 2. The molecule has 0 saturated carbocycles. The Balaban J connectivity index is 2.29. The van der Waals surface area contributed by atoms with E-state index in [1.54, 1.807) is 13.0 Å². The number of hydrogen-bond donors (Lipinski definition) is 1. The van der Waals surface area contributed by atoms with Gasteiger partial charge in [-0.25, -0.2) is 4.39 Å².